The molecule has 2 aromatic carbocycles. The highest BCUT2D eigenvalue weighted by Crippen LogP contribution is 2.30. The molecule has 112 valence electrons. The van der Waals surface area contributed by atoms with E-state index >= 15 is 0 Å². The smallest absolute Gasteiger partial charge is 0.122 e. The Morgan fingerprint density at radius 1 is 0.591 bits per heavy atom. The first-order valence-electron chi connectivity index (χ1n) is 7.65. The summed E-state index contributed by atoms with van der Waals surface area (Å²) in [5.74, 6) is 0.675. The summed E-state index contributed by atoms with van der Waals surface area (Å²) < 4.78 is 0. The van der Waals surface area contributed by atoms with Crippen LogP contribution in [0.2, 0.25) is 0 Å². The molecule has 0 radical (unpaired) electrons. The third kappa shape index (κ3) is 3.06. The minimum Gasteiger partial charge on any atom is -0.507 e. The first-order valence-corrected chi connectivity index (χ1v) is 7.65. The molecule has 2 aromatic rings. The summed E-state index contributed by atoms with van der Waals surface area (Å²) in [6, 6.07) is 11.7. The largest absolute Gasteiger partial charge is 0.507 e. The van der Waals surface area contributed by atoms with Crippen molar-refractivity contribution < 1.29 is 10.2 Å². The molecule has 3 rings (SSSR count). The number of allylic oxidation sites excluding steroid dienone is 4. The van der Waals surface area contributed by atoms with Crippen molar-refractivity contribution in [2.45, 2.75) is 25.7 Å². The summed E-state index contributed by atoms with van der Waals surface area (Å²) in [5, 5.41) is 20.9. The lowest BCUT2D eigenvalue weighted by Gasteiger charge is -2.12. The van der Waals surface area contributed by atoms with Crippen LogP contribution in [0.1, 0.15) is 28.7 Å². The van der Waals surface area contributed by atoms with Gasteiger partial charge < -0.3 is 10.2 Å². The van der Waals surface area contributed by atoms with E-state index in [-0.39, 0.29) is 0 Å². The highest BCUT2D eigenvalue weighted by atomic mass is 16.3. The van der Waals surface area contributed by atoms with Crippen LogP contribution in [0.25, 0.3) is 0 Å². The van der Waals surface area contributed by atoms with Crippen LogP contribution in [0.15, 0.2) is 60.7 Å². The van der Waals surface area contributed by atoms with Crippen LogP contribution >= 0.6 is 0 Å². The lowest BCUT2D eigenvalue weighted by Crippen LogP contribution is -1.95. The zero-order valence-electron chi connectivity index (χ0n) is 12.5. The van der Waals surface area contributed by atoms with Crippen molar-refractivity contribution in [3.63, 3.8) is 0 Å². The number of phenols is 2. The van der Waals surface area contributed by atoms with Gasteiger partial charge in [0.05, 0.1) is 0 Å². The number of hydrogen-bond acceptors (Lipinski definition) is 2. The van der Waals surface area contributed by atoms with E-state index < -0.39 is 0 Å². The van der Waals surface area contributed by atoms with Crippen molar-refractivity contribution in [2.24, 2.45) is 0 Å². The van der Waals surface area contributed by atoms with Gasteiger partial charge in [0.15, 0.2) is 0 Å². The summed E-state index contributed by atoms with van der Waals surface area (Å²) in [6.45, 7) is 0. The Labute approximate surface area is 131 Å². The van der Waals surface area contributed by atoms with Gasteiger partial charge in [-0.2, -0.15) is 0 Å². The predicted molar refractivity (Wildman–Crippen MR) is 89.3 cm³/mol. The molecule has 1 aliphatic carbocycles. The van der Waals surface area contributed by atoms with Crippen LogP contribution in [0.3, 0.4) is 0 Å². The Morgan fingerprint density at radius 2 is 1.05 bits per heavy atom. The summed E-state index contributed by atoms with van der Waals surface area (Å²) in [6.07, 6.45) is 11.2. The maximum Gasteiger partial charge on any atom is 0.122 e. The van der Waals surface area contributed by atoms with Gasteiger partial charge >= 0.3 is 0 Å². The summed E-state index contributed by atoms with van der Waals surface area (Å²) in [4.78, 5) is 0. The van der Waals surface area contributed by atoms with E-state index in [1.807, 2.05) is 36.4 Å². The Morgan fingerprint density at radius 3 is 1.55 bits per heavy atom. The second-order valence-electron chi connectivity index (χ2n) is 5.61. The highest BCUT2D eigenvalue weighted by molar-refractivity contribution is 5.48. The lowest BCUT2D eigenvalue weighted by molar-refractivity contribution is 0.457. The molecule has 0 saturated carbocycles. The molecular formula is C20H20O2. The average Bonchev–Trinajstić information content (AvgIpc) is 2.52. The number of fused-ring (bicyclic) bond motifs is 4. The Hall–Kier alpha value is -2.48. The monoisotopic (exact) mass is 292 g/mol. The molecule has 4 bridgehead atoms. The van der Waals surface area contributed by atoms with Crippen LogP contribution in [0.5, 0.6) is 11.5 Å². The molecule has 22 heavy (non-hydrogen) atoms. The van der Waals surface area contributed by atoms with Crippen LogP contribution in [-0.4, -0.2) is 10.2 Å². The zero-order valence-corrected chi connectivity index (χ0v) is 12.5. The number of phenolic OH excluding ortho intramolecular Hbond substituents is 2. The second-order valence-corrected chi connectivity index (χ2v) is 5.61. The van der Waals surface area contributed by atoms with E-state index in [0.717, 1.165) is 41.5 Å². The molecule has 0 saturated heterocycles. The van der Waals surface area contributed by atoms with Crippen LogP contribution in [0, 0.1) is 0 Å². The number of para-hydroxylation sites is 2. The standard InChI is InChI=1S/C20H20O2/c21-19-15-8-4-2-1-3-5-9-16-11-7-13-18(20(16)22)14-17(19)12-6-10-15/h2-7,10-13,21-22H,1,8-9,14H2/b4-2-,5-3-. The molecule has 0 aliphatic heterocycles. The molecule has 2 nitrogen and oxygen atoms in total. The lowest BCUT2D eigenvalue weighted by atomic mass is 9.96. The maximum atomic E-state index is 10.5. The van der Waals surface area contributed by atoms with Gasteiger partial charge in [0.1, 0.15) is 11.5 Å². The van der Waals surface area contributed by atoms with Gasteiger partial charge in [0.25, 0.3) is 0 Å². The average molecular weight is 292 g/mol. The van der Waals surface area contributed by atoms with Gasteiger partial charge in [-0.25, -0.2) is 0 Å². The molecule has 2 N–H and O–H groups in total. The highest BCUT2D eigenvalue weighted by Gasteiger charge is 2.11. The summed E-state index contributed by atoms with van der Waals surface area (Å²) in [5.41, 5.74) is 3.55. The quantitative estimate of drug-likeness (QED) is 0.711. The maximum absolute atomic E-state index is 10.5. The molecule has 2 heteroatoms. The van der Waals surface area contributed by atoms with Crippen LogP contribution in [0.4, 0.5) is 0 Å². The van der Waals surface area contributed by atoms with Gasteiger partial charge in [0.2, 0.25) is 0 Å². The van der Waals surface area contributed by atoms with Crippen molar-refractivity contribution in [3.8, 4) is 11.5 Å². The molecule has 1 aliphatic rings. The number of aromatic hydroxyl groups is 2. The first-order chi connectivity index (χ1) is 10.8. The zero-order chi connectivity index (χ0) is 15.4. The van der Waals surface area contributed by atoms with Crippen molar-refractivity contribution >= 4 is 0 Å². The normalized spacial score (nSPS) is 17.5. The molecule has 0 heterocycles. The van der Waals surface area contributed by atoms with Gasteiger partial charge in [-0.15, -0.1) is 0 Å². The van der Waals surface area contributed by atoms with Gasteiger partial charge in [-0.3, -0.25) is 0 Å². The number of rotatable bonds is 0. The molecule has 0 amide bonds. The molecule has 0 unspecified atom stereocenters. The summed E-state index contributed by atoms with van der Waals surface area (Å²) >= 11 is 0. The minimum absolute atomic E-state index is 0.338. The van der Waals surface area contributed by atoms with Gasteiger partial charge in [0, 0.05) is 6.42 Å². The number of hydrogen-bond donors (Lipinski definition) is 2. The van der Waals surface area contributed by atoms with Crippen LogP contribution in [-0.2, 0) is 19.3 Å². The van der Waals surface area contributed by atoms with Gasteiger partial charge in [-0.05, 0) is 41.5 Å². The minimum atomic E-state index is 0.338. The van der Waals surface area contributed by atoms with E-state index in [1.54, 1.807) is 0 Å². The fourth-order valence-corrected chi connectivity index (χ4v) is 2.80. The van der Waals surface area contributed by atoms with E-state index in [0.29, 0.717) is 17.9 Å². The van der Waals surface area contributed by atoms with Gasteiger partial charge in [-0.1, -0.05) is 60.7 Å². The molecular weight excluding hydrogens is 272 g/mol. The van der Waals surface area contributed by atoms with E-state index in [1.165, 1.54) is 0 Å². The fourth-order valence-electron chi connectivity index (χ4n) is 2.80. The Bertz CT molecular complexity index is 665. The second kappa shape index (κ2) is 6.52. The van der Waals surface area contributed by atoms with Crippen molar-refractivity contribution in [1.82, 2.24) is 0 Å². The molecule has 0 atom stereocenters. The van der Waals surface area contributed by atoms with Crippen molar-refractivity contribution in [1.29, 1.82) is 0 Å². The SMILES string of the molecule is Oc1c2cccc1Cc1cccc(c1O)C/C=C\C/C=C\C2. The van der Waals surface area contributed by atoms with Crippen LogP contribution < -0.4 is 0 Å². The number of benzene rings is 2. The fraction of sp³-hybridized carbons (Fsp3) is 0.200. The Balaban J connectivity index is 2.06. The third-order valence-corrected chi connectivity index (χ3v) is 4.07. The molecule has 0 spiro atoms. The van der Waals surface area contributed by atoms with Crippen molar-refractivity contribution in [3.05, 3.63) is 83.0 Å². The van der Waals surface area contributed by atoms with E-state index in [9.17, 15) is 10.2 Å². The van der Waals surface area contributed by atoms with E-state index in [4.69, 9.17) is 0 Å². The van der Waals surface area contributed by atoms with E-state index in [2.05, 4.69) is 24.3 Å². The molecule has 0 fully saturated rings. The molecule has 0 aromatic heterocycles. The first kappa shape index (κ1) is 14.5. The van der Waals surface area contributed by atoms with Crippen molar-refractivity contribution in [2.75, 3.05) is 0 Å². The topological polar surface area (TPSA) is 40.5 Å². The predicted octanol–water partition coefficient (Wildman–Crippen LogP) is 4.29. The Kier molecular flexibility index (Phi) is 4.29. The summed E-state index contributed by atoms with van der Waals surface area (Å²) in [7, 11) is 0. The third-order valence-electron chi connectivity index (χ3n) is 4.07.